The lowest BCUT2D eigenvalue weighted by atomic mass is 9.92. The zero-order valence-electron chi connectivity index (χ0n) is 15.9. The molecular weight excluding hydrogens is 421 g/mol. The van der Waals surface area contributed by atoms with Gasteiger partial charge in [-0.2, -0.15) is 0 Å². The molecule has 1 saturated heterocycles. The van der Waals surface area contributed by atoms with Crippen LogP contribution in [0.2, 0.25) is 0 Å². The molecule has 1 aromatic heterocycles. The third kappa shape index (κ3) is 4.83. The smallest absolute Gasteiger partial charge is 0.150 e. The maximum atomic E-state index is 12.2. The number of halogens is 2. The van der Waals surface area contributed by atoms with E-state index in [1.54, 1.807) is 0 Å². The molecule has 1 aliphatic heterocycles. The first-order valence-electron chi connectivity index (χ1n) is 8.85. The Balaban J connectivity index is 0.00000196. The van der Waals surface area contributed by atoms with Gasteiger partial charge in [0.25, 0.3) is 0 Å². The lowest BCUT2D eigenvalue weighted by Crippen LogP contribution is -2.37. The zero-order chi connectivity index (χ0) is 18.8. The Morgan fingerprint density at radius 3 is 2.57 bits per heavy atom. The molecule has 4 atom stereocenters. The molecular formula is C19H26Cl2N3O3S-. The Bertz CT molecular complexity index is 852. The van der Waals surface area contributed by atoms with Crippen molar-refractivity contribution in [3.63, 3.8) is 0 Å². The van der Waals surface area contributed by atoms with E-state index in [2.05, 4.69) is 16.0 Å². The first kappa shape index (κ1) is 24.8. The molecule has 1 fully saturated rings. The lowest BCUT2D eigenvalue weighted by molar-refractivity contribution is -0.121. The number of pyridine rings is 1. The fraction of sp³-hybridized carbons (Fsp3) is 0.474. The van der Waals surface area contributed by atoms with Gasteiger partial charge in [-0.3, -0.25) is 9.00 Å². The SMILES string of the molecule is Cc1cnc(N2CC[C@H](S(=O)[O-])C(C(=O)CN)CC2C)c2ccccc12.Cl.Cl. The second-order valence-corrected chi connectivity index (χ2v) is 8.08. The summed E-state index contributed by atoms with van der Waals surface area (Å²) in [7, 11) is 0. The summed E-state index contributed by atoms with van der Waals surface area (Å²) >= 11 is -2.31. The van der Waals surface area contributed by atoms with E-state index in [0.717, 1.165) is 22.2 Å². The van der Waals surface area contributed by atoms with Gasteiger partial charge in [0.15, 0.2) is 5.78 Å². The lowest BCUT2D eigenvalue weighted by Gasteiger charge is -2.30. The number of fused-ring (bicyclic) bond motifs is 1. The maximum absolute atomic E-state index is 12.2. The van der Waals surface area contributed by atoms with Crippen molar-refractivity contribution in [1.82, 2.24) is 4.98 Å². The van der Waals surface area contributed by atoms with E-state index in [-0.39, 0.29) is 43.2 Å². The molecule has 3 unspecified atom stereocenters. The number of hydrogen-bond acceptors (Lipinski definition) is 6. The van der Waals surface area contributed by atoms with E-state index in [0.29, 0.717) is 19.4 Å². The van der Waals surface area contributed by atoms with Gasteiger partial charge in [0.05, 0.1) is 6.54 Å². The van der Waals surface area contributed by atoms with Crippen LogP contribution in [0, 0.1) is 12.8 Å². The monoisotopic (exact) mass is 446 g/mol. The fourth-order valence-corrected chi connectivity index (χ4v) is 4.75. The molecule has 0 saturated carbocycles. The maximum Gasteiger partial charge on any atom is 0.150 e. The van der Waals surface area contributed by atoms with Gasteiger partial charge >= 0.3 is 0 Å². The average molecular weight is 447 g/mol. The Hall–Kier alpha value is -1.25. The van der Waals surface area contributed by atoms with Gasteiger partial charge in [-0.25, -0.2) is 4.98 Å². The standard InChI is InChI=1S/C19H25N3O3S.2ClH/c1-12-11-21-19(15-6-4-3-5-14(12)15)22-8-7-18(26(24)25)16(9-13(22)2)17(23)10-20;;/h3-6,11,13,16,18H,7-10,20H2,1-2H3,(H,24,25);2*1H/p-1/t13?,16?,18-;;/m0../s1. The molecule has 2 aromatic rings. The first-order chi connectivity index (χ1) is 12.4. The summed E-state index contributed by atoms with van der Waals surface area (Å²) in [6, 6.07) is 8.06. The summed E-state index contributed by atoms with van der Waals surface area (Å²) in [5.74, 6) is 0.0969. The molecule has 0 bridgehead atoms. The Morgan fingerprint density at radius 1 is 1.32 bits per heavy atom. The van der Waals surface area contributed by atoms with Gasteiger partial charge in [0, 0.05) is 35.3 Å². The number of aryl methyl sites for hydroxylation is 1. The summed E-state index contributed by atoms with van der Waals surface area (Å²) < 4.78 is 23.4. The van der Waals surface area contributed by atoms with Crippen molar-refractivity contribution in [3.8, 4) is 0 Å². The van der Waals surface area contributed by atoms with E-state index in [4.69, 9.17) is 5.73 Å². The molecule has 0 amide bonds. The molecule has 0 spiro atoms. The largest absolute Gasteiger partial charge is 0.772 e. The molecule has 6 nitrogen and oxygen atoms in total. The van der Waals surface area contributed by atoms with Crippen LogP contribution in [0.25, 0.3) is 10.8 Å². The van der Waals surface area contributed by atoms with E-state index in [1.165, 1.54) is 0 Å². The molecule has 1 aromatic carbocycles. The minimum atomic E-state index is -2.31. The fourth-order valence-electron chi connectivity index (χ4n) is 3.92. The molecule has 3 rings (SSSR count). The summed E-state index contributed by atoms with van der Waals surface area (Å²) in [6.07, 6.45) is 2.69. The molecule has 1 aliphatic rings. The molecule has 156 valence electrons. The van der Waals surface area contributed by atoms with Crippen molar-refractivity contribution in [1.29, 1.82) is 0 Å². The number of anilines is 1. The predicted octanol–water partition coefficient (Wildman–Crippen LogP) is 2.77. The van der Waals surface area contributed by atoms with Gasteiger partial charge in [-0.1, -0.05) is 35.3 Å². The van der Waals surface area contributed by atoms with Crippen molar-refractivity contribution in [3.05, 3.63) is 36.0 Å². The molecule has 2 N–H and O–H groups in total. The van der Waals surface area contributed by atoms with Crippen LogP contribution >= 0.6 is 24.8 Å². The number of aromatic nitrogens is 1. The molecule has 2 heterocycles. The van der Waals surface area contributed by atoms with Gasteiger partial charge in [0.2, 0.25) is 0 Å². The number of nitrogens with two attached hydrogens (primary N) is 1. The normalized spacial score (nSPS) is 23.3. The van der Waals surface area contributed by atoms with Gasteiger partial charge in [-0.05, 0) is 37.6 Å². The number of benzene rings is 1. The number of rotatable bonds is 4. The average Bonchev–Trinajstić information content (AvgIpc) is 2.81. The predicted molar refractivity (Wildman–Crippen MR) is 117 cm³/mol. The minimum Gasteiger partial charge on any atom is -0.772 e. The van der Waals surface area contributed by atoms with E-state index < -0.39 is 22.2 Å². The summed E-state index contributed by atoms with van der Waals surface area (Å²) in [5, 5.41) is 1.48. The summed E-state index contributed by atoms with van der Waals surface area (Å²) in [4.78, 5) is 19.0. The number of carbonyl (C=O) groups excluding carboxylic acids is 1. The number of ketones is 1. The highest BCUT2D eigenvalue weighted by Crippen LogP contribution is 2.33. The summed E-state index contributed by atoms with van der Waals surface area (Å²) in [6.45, 7) is 4.45. The number of Topliss-reactive ketones (excluding diaryl/α,β-unsaturated/α-hetero) is 1. The Kier molecular flexibility index (Phi) is 9.30. The van der Waals surface area contributed by atoms with Crippen molar-refractivity contribution < 1.29 is 13.6 Å². The van der Waals surface area contributed by atoms with Gasteiger partial charge < -0.3 is 15.2 Å². The van der Waals surface area contributed by atoms with E-state index in [9.17, 15) is 13.6 Å². The highest BCUT2D eigenvalue weighted by atomic mass is 35.5. The summed E-state index contributed by atoms with van der Waals surface area (Å²) in [5.41, 5.74) is 6.62. The van der Waals surface area contributed by atoms with Crippen molar-refractivity contribution in [2.24, 2.45) is 11.7 Å². The van der Waals surface area contributed by atoms with Crippen molar-refractivity contribution in [2.75, 3.05) is 18.0 Å². The van der Waals surface area contributed by atoms with Crippen LogP contribution in [0.3, 0.4) is 0 Å². The van der Waals surface area contributed by atoms with E-state index >= 15 is 0 Å². The second kappa shape index (κ2) is 10.5. The minimum absolute atomic E-state index is 0. The molecule has 9 heteroatoms. The Morgan fingerprint density at radius 2 is 1.96 bits per heavy atom. The third-order valence-electron chi connectivity index (χ3n) is 5.34. The second-order valence-electron chi connectivity index (χ2n) is 6.95. The van der Waals surface area contributed by atoms with Crippen LogP contribution in [0.5, 0.6) is 0 Å². The van der Waals surface area contributed by atoms with E-state index in [1.807, 2.05) is 38.2 Å². The third-order valence-corrected chi connectivity index (χ3v) is 6.40. The van der Waals surface area contributed by atoms with Crippen molar-refractivity contribution >= 4 is 58.3 Å². The van der Waals surface area contributed by atoms with Crippen LogP contribution in [-0.2, 0) is 15.9 Å². The van der Waals surface area contributed by atoms with Crippen molar-refractivity contribution in [2.45, 2.75) is 38.0 Å². The number of carbonyl (C=O) groups is 1. The highest BCUT2D eigenvalue weighted by molar-refractivity contribution is 7.79. The number of nitrogens with zero attached hydrogens (tertiary/aromatic N) is 2. The zero-order valence-corrected chi connectivity index (χ0v) is 18.3. The van der Waals surface area contributed by atoms with Gasteiger partial charge in [0.1, 0.15) is 5.82 Å². The van der Waals surface area contributed by atoms with Crippen LogP contribution in [0.15, 0.2) is 30.5 Å². The molecule has 0 aliphatic carbocycles. The quantitative estimate of drug-likeness (QED) is 0.724. The van der Waals surface area contributed by atoms with Gasteiger partial charge in [-0.15, -0.1) is 24.8 Å². The van der Waals surface area contributed by atoms with Crippen LogP contribution in [0.4, 0.5) is 5.82 Å². The van der Waals surface area contributed by atoms with Crippen LogP contribution < -0.4 is 10.6 Å². The first-order valence-corrected chi connectivity index (χ1v) is 9.99. The highest BCUT2D eigenvalue weighted by Gasteiger charge is 2.35. The Labute approximate surface area is 180 Å². The topological polar surface area (TPSA) is 99.4 Å². The molecule has 0 radical (unpaired) electrons. The number of hydrogen-bond donors (Lipinski definition) is 1. The molecule has 28 heavy (non-hydrogen) atoms. The van der Waals surface area contributed by atoms with Crippen LogP contribution in [0.1, 0.15) is 25.3 Å². The van der Waals surface area contributed by atoms with Crippen LogP contribution in [-0.4, -0.2) is 43.9 Å².